The fourth-order valence-corrected chi connectivity index (χ4v) is 2.86. The number of carbonyl (C=O) groups excluding carboxylic acids is 1. The van der Waals surface area contributed by atoms with Crippen LogP contribution in [0.2, 0.25) is 0 Å². The molecule has 3 aromatic rings. The summed E-state index contributed by atoms with van der Waals surface area (Å²) in [6.45, 7) is 1.87. The van der Waals surface area contributed by atoms with Crippen molar-refractivity contribution >= 4 is 28.6 Å². The molecule has 0 aliphatic heterocycles. The molecule has 4 heteroatoms. The third-order valence-electron chi connectivity index (χ3n) is 3.56. The van der Waals surface area contributed by atoms with Crippen LogP contribution < -0.4 is 0 Å². The maximum absolute atomic E-state index is 12.4. The van der Waals surface area contributed by atoms with Crippen LogP contribution in [0.5, 0.6) is 0 Å². The lowest BCUT2D eigenvalue weighted by Gasteiger charge is -2.06. The summed E-state index contributed by atoms with van der Waals surface area (Å²) in [6, 6.07) is 22.9. The van der Waals surface area contributed by atoms with Gasteiger partial charge in [0.15, 0.2) is 11.5 Å². The Bertz CT molecular complexity index is 882. The van der Waals surface area contributed by atoms with Crippen molar-refractivity contribution in [2.24, 2.45) is 5.16 Å². The third kappa shape index (κ3) is 4.52. The molecule has 0 unspecified atom stereocenters. The topological polar surface area (TPSA) is 38.7 Å². The Morgan fingerprint density at radius 3 is 2.16 bits per heavy atom. The van der Waals surface area contributed by atoms with Crippen LogP contribution in [0.4, 0.5) is 0 Å². The van der Waals surface area contributed by atoms with Crippen LogP contribution in [0, 0.1) is 0 Å². The number of rotatable bonds is 6. The maximum atomic E-state index is 12.4. The molecule has 0 aliphatic carbocycles. The van der Waals surface area contributed by atoms with Gasteiger partial charge in [0.2, 0.25) is 0 Å². The first-order valence-corrected chi connectivity index (χ1v) is 8.74. The van der Waals surface area contributed by atoms with Gasteiger partial charge in [-0.15, -0.1) is 11.3 Å². The Hall–Kier alpha value is -2.98. The lowest BCUT2D eigenvalue weighted by Crippen LogP contribution is -1.99. The van der Waals surface area contributed by atoms with Gasteiger partial charge in [-0.2, -0.15) is 0 Å². The molecule has 3 nitrogen and oxygen atoms in total. The van der Waals surface area contributed by atoms with E-state index in [1.807, 2.05) is 79.0 Å². The molecule has 0 saturated heterocycles. The second-order valence-corrected chi connectivity index (χ2v) is 6.30. The van der Waals surface area contributed by atoms with Crippen molar-refractivity contribution in [3.63, 3.8) is 0 Å². The SMILES string of the molecule is C/C(=N\O/C(=C/C(=O)c1cccs1)c1ccccc1)c1ccccc1. The summed E-state index contributed by atoms with van der Waals surface area (Å²) in [5, 5.41) is 6.08. The molecular weight excluding hydrogens is 330 g/mol. The molecule has 0 bridgehead atoms. The number of benzene rings is 2. The first-order chi connectivity index (χ1) is 12.2. The Morgan fingerprint density at radius 1 is 0.920 bits per heavy atom. The van der Waals surface area contributed by atoms with Crippen LogP contribution in [0.15, 0.2) is 89.4 Å². The van der Waals surface area contributed by atoms with Gasteiger partial charge in [-0.1, -0.05) is 71.9 Å². The number of hydrogen-bond acceptors (Lipinski definition) is 4. The Balaban J connectivity index is 1.88. The van der Waals surface area contributed by atoms with Gasteiger partial charge < -0.3 is 4.84 Å². The molecule has 0 radical (unpaired) electrons. The van der Waals surface area contributed by atoms with Crippen molar-refractivity contribution in [3.8, 4) is 0 Å². The van der Waals surface area contributed by atoms with Gasteiger partial charge in [-0.05, 0) is 23.9 Å². The van der Waals surface area contributed by atoms with Gasteiger partial charge in [-0.25, -0.2) is 0 Å². The largest absolute Gasteiger partial charge is 0.356 e. The molecule has 0 fully saturated rings. The number of thiophene rings is 1. The number of carbonyl (C=O) groups is 1. The van der Waals surface area contributed by atoms with E-state index < -0.39 is 0 Å². The second-order valence-electron chi connectivity index (χ2n) is 5.35. The molecular formula is C21H17NO2S. The maximum Gasteiger partial charge on any atom is 0.199 e. The fraction of sp³-hybridized carbons (Fsp3) is 0.0476. The highest BCUT2D eigenvalue weighted by Gasteiger charge is 2.10. The van der Waals surface area contributed by atoms with Crippen molar-refractivity contribution in [1.29, 1.82) is 0 Å². The van der Waals surface area contributed by atoms with Gasteiger partial charge >= 0.3 is 0 Å². The highest BCUT2D eigenvalue weighted by molar-refractivity contribution is 7.12. The van der Waals surface area contributed by atoms with E-state index in [0.29, 0.717) is 10.6 Å². The quantitative estimate of drug-likeness (QED) is 0.196. The first-order valence-electron chi connectivity index (χ1n) is 7.86. The average Bonchev–Trinajstić information content (AvgIpc) is 3.21. The second kappa shape index (κ2) is 8.22. The summed E-state index contributed by atoms with van der Waals surface area (Å²) in [7, 11) is 0. The molecule has 3 rings (SSSR count). The lowest BCUT2D eigenvalue weighted by molar-refractivity contribution is 0.104. The van der Waals surface area contributed by atoms with Gasteiger partial charge in [0.05, 0.1) is 10.6 Å². The molecule has 25 heavy (non-hydrogen) atoms. The summed E-state index contributed by atoms with van der Waals surface area (Å²) in [5.74, 6) is 0.329. The van der Waals surface area contributed by atoms with E-state index >= 15 is 0 Å². The summed E-state index contributed by atoms with van der Waals surface area (Å²) in [5.41, 5.74) is 2.52. The summed E-state index contributed by atoms with van der Waals surface area (Å²) in [6.07, 6.45) is 1.49. The molecule has 0 atom stereocenters. The number of oxime groups is 1. The van der Waals surface area contributed by atoms with Crippen molar-refractivity contribution in [2.45, 2.75) is 6.92 Å². The molecule has 1 aromatic heterocycles. The van der Waals surface area contributed by atoms with Crippen molar-refractivity contribution in [3.05, 3.63) is 100 Å². The first kappa shape index (κ1) is 16.9. The van der Waals surface area contributed by atoms with Crippen molar-refractivity contribution in [1.82, 2.24) is 0 Å². The molecule has 1 heterocycles. The minimum absolute atomic E-state index is 0.0959. The van der Waals surface area contributed by atoms with Crippen LogP contribution in [0.3, 0.4) is 0 Å². The Labute approximate surface area is 150 Å². The zero-order chi connectivity index (χ0) is 17.5. The van der Waals surface area contributed by atoms with Crippen LogP contribution in [-0.4, -0.2) is 11.5 Å². The molecule has 0 N–H and O–H groups in total. The summed E-state index contributed by atoms with van der Waals surface area (Å²) in [4.78, 5) is 18.7. The number of ketones is 1. The minimum Gasteiger partial charge on any atom is -0.356 e. The van der Waals surface area contributed by atoms with E-state index in [0.717, 1.165) is 16.8 Å². The number of hydrogen-bond donors (Lipinski definition) is 0. The normalized spacial score (nSPS) is 12.0. The van der Waals surface area contributed by atoms with E-state index in [9.17, 15) is 4.79 Å². The van der Waals surface area contributed by atoms with Crippen LogP contribution in [-0.2, 0) is 4.84 Å². The van der Waals surface area contributed by atoms with Gasteiger partial charge in [0.1, 0.15) is 0 Å². The molecule has 124 valence electrons. The van der Waals surface area contributed by atoms with Crippen molar-refractivity contribution in [2.75, 3.05) is 0 Å². The third-order valence-corrected chi connectivity index (χ3v) is 4.44. The highest BCUT2D eigenvalue weighted by atomic mass is 32.1. The van der Waals surface area contributed by atoms with Crippen LogP contribution >= 0.6 is 11.3 Å². The standard InChI is InChI=1S/C21H17NO2S/c1-16(17-9-4-2-5-10-17)22-24-20(18-11-6-3-7-12-18)15-19(23)21-13-8-14-25-21/h2-15H,1H3/b20-15+,22-16+. The van der Waals surface area contributed by atoms with E-state index in [2.05, 4.69) is 5.16 Å². The minimum atomic E-state index is -0.0959. The zero-order valence-corrected chi connectivity index (χ0v) is 14.6. The van der Waals surface area contributed by atoms with Crippen LogP contribution in [0.1, 0.15) is 27.7 Å². The zero-order valence-electron chi connectivity index (χ0n) is 13.8. The van der Waals surface area contributed by atoms with E-state index in [1.54, 1.807) is 6.07 Å². The predicted octanol–water partition coefficient (Wildman–Crippen LogP) is 5.41. The fourth-order valence-electron chi connectivity index (χ4n) is 2.22. The van der Waals surface area contributed by atoms with Gasteiger partial charge in [-0.3, -0.25) is 4.79 Å². The average molecular weight is 347 g/mol. The molecule has 0 amide bonds. The summed E-state index contributed by atoms with van der Waals surface area (Å²) < 4.78 is 0. The Kier molecular flexibility index (Phi) is 5.54. The van der Waals surface area contributed by atoms with Gasteiger partial charge in [0.25, 0.3) is 0 Å². The number of nitrogens with zero attached hydrogens (tertiary/aromatic N) is 1. The predicted molar refractivity (Wildman–Crippen MR) is 103 cm³/mol. The highest BCUT2D eigenvalue weighted by Crippen LogP contribution is 2.19. The molecule has 0 saturated carbocycles. The summed E-state index contributed by atoms with van der Waals surface area (Å²) >= 11 is 1.40. The Morgan fingerprint density at radius 2 is 1.56 bits per heavy atom. The van der Waals surface area contributed by atoms with E-state index in [-0.39, 0.29) is 5.78 Å². The smallest absolute Gasteiger partial charge is 0.199 e. The monoisotopic (exact) mass is 347 g/mol. The molecule has 2 aromatic carbocycles. The lowest BCUT2D eigenvalue weighted by atomic mass is 10.1. The molecule has 0 spiro atoms. The van der Waals surface area contributed by atoms with E-state index in [1.165, 1.54) is 17.4 Å². The van der Waals surface area contributed by atoms with Crippen molar-refractivity contribution < 1.29 is 9.63 Å². The van der Waals surface area contributed by atoms with Crippen LogP contribution in [0.25, 0.3) is 5.76 Å². The molecule has 0 aliphatic rings. The van der Waals surface area contributed by atoms with Gasteiger partial charge in [0, 0.05) is 11.6 Å². The van der Waals surface area contributed by atoms with E-state index in [4.69, 9.17) is 4.84 Å². The number of allylic oxidation sites excluding steroid dienone is 1.